The van der Waals surface area contributed by atoms with Gasteiger partial charge >= 0.3 is 0 Å². The van der Waals surface area contributed by atoms with Crippen molar-refractivity contribution >= 4 is 21.6 Å². The molecular formula is C23H31FN2O3S. The molecule has 0 spiro atoms. The molecule has 2 aromatic carbocycles. The predicted molar refractivity (Wildman–Crippen MR) is 119 cm³/mol. The van der Waals surface area contributed by atoms with E-state index in [-0.39, 0.29) is 35.4 Å². The first-order chi connectivity index (χ1) is 14.0. The summed E-state index contributed by atoms with van der Waals surface area (Å²) in [5.74, 6) is -1.13. The van der Waals surface area contributed by atoms with Crippen LogP contribution in [0, 0.1) is 5.82 Å². The van der Waals surface area contributed by atoms with Crippen LogP contribution in [0.1, 0.15) is 74.9 Å². The Morgan fingerprint density at radius 1 is 1.00 bits per heavy atom. The molecule has 0 heterocycles. The van der Waals surface area contributed by atoms with Gasteiger partial charge in [-0.3, -0.25) is 4.79 Å². The molecule has 0 aliphatic heterocycles. The Labute approximate surface area is 179 Å². The quantitative estimate of drug-likeness (QED) is 0.609. The van der Waals surface area contributed by atoms with Gasteiger partial charge in [0, 0.05) is 18.8 Å². The van der Waals surface area contributed by atoms with Crippen LogP contribution in [0.5, 0.6) is 0 Å². The van der Waals surface area contributed by atoms with Gasteiger partial charge in [0.15, 0.2) is 0 Å². The lowest BCUT2D eigenvalue weighted by atomic mass is 9.92. The molecule has 5 nitrogen and oxygen atoms in total. The molecule has 2 rings (SSSR count). The van der Waals surface area contributed by atoms with Crippen LogP contribution in [0.2, 0.25) is 0 Å². The molecule has 0 bridgehead atoms. The molecule has 0 saturated carbocycles. The third kappa shape index (κ3) is 4.90. The number of sulfonamides is 1. The van der Waals surface area contributed by atoms with Crippen LogP contribution in [0.3, 0.4) is 0 Å². The average molecular weight is 435 g/mol. The Bertz CT molecular complexity index is 987. The molecule has 0 unspecified atom stereocenters. The molecule has 0 aromatic heterocycles. The number of carbonyl (C=O) groups is 1. The largest absolute Gasteiger partial charge is 0.321 e. The Balaban J connectivity index is 2.52. The van der Waals surface area contributed by atoms with E-state index in [0.29, 0.717) is 5.69 Å². The zero-order valence-electron chi connectivity index (χ0n) is 18.5. The van der Waals surface area contributed by atoms with Crippen molar-refractivity contribution in [1.82, 2.24) is 4.31 Å². The van der Waals surface area contributed by atoms with Crippen molar-refractivity contribution in [1.29, 1.82) is 0 Å². The minimum Gasteiger partial charge on any atom is -0.321 e. The molecule has 0 aliphatic rings. The summed E-state index contributed by atoms with van der Waals surface area (Å²) in [5.41, 5.74) is 2.25. The van der Waals surface area contributed by atoms with Crippen LogP contribution >= 0.6 is 0 Å². The number of carbonyl (C=O) groups excluding carboxylic acids is 1. The second-order valence-electron chi connectivity index (χ2n) is 7.81. The molecular weight excluding hydrogens is 403 g/mol. The van der Waals surface area contributed by atoms with E-state index in [1.807, 2.05) is 45.9 Å². The number of para-hydroxylation sites is 1. The number of hydrogen-bond donors (Lipinski definition) is 1. The van der Waals surface area contributed by atoms with Gasteiger partial charge in [-0.25, -0.2) is 12.8 Å². The molecule has 30 heavy (non-hydrogen) atoms. The SMILES string of the molecule is CCN(CC)S(=O)(=O)c1ccc(F)c(C(=O)Nc2c(C(C)C)cccc2C(C)C)c1. The van der Waals surface area contributed by atoms with Gasteiger partial charge in [0.2, 0.25) is 10.0 Å². The van der Waals surface area contributed by atoms with Crippen LogP contribution < -0.4 is 5.32 Å². The number of rotatable bonds is 8. The Morgan fingerprint density at radius 3 is 2.00 bits per heavy atom. The molecule has 7 heteroatoms. The molecule has 1 N–H and O–H groups in total. The number of hydrogen-bond acceptors (Lipinski definition) is 3. The summed E-state index contributed by atoms with van der Waals surface area (Å²) in [7, 11) is -3.80. The highest BCUT2D eigenvalue weighted by atomic mass is 32.2. The van der Waals surface area contributed by atoms with E-state index in [1.165, 1.54) is 10.4 Å². The van der Waals surface area contributed by atoms with E-state index in [0.717, 1.165) is 23.3 Å². The van der Waals surface area contributed by atoms with E-state index < -0.39 is 21.7 Å². The van der Waals surface area contributed by atoms with Crippen LogP contribution in [-0.2, 0) is 10.0 Å². The summed E-state index contributed by atoms with van der Waals surface area (Å²) in [6.07, 6.45) is 0. The summed E-state index contributed by atoms with van der Waals surface area (Å²) < 4.78 is 41.4. The highest BCUT2D eigenvalue weighted by Gasteiger charge is 2.25. The van der Waals surface area contributed by atoms with Crippen molar-refractivity contribution in [3.63, 3.8) is 0 Å². The average Bonchev–Trinajstić information content (AvgIpc) is 2.68. The Kier molecular flexibility index (Phi) is 7.77. The van der Waals surface area contributed by atoms with E-state index >= 15 is 0 Å². The first-order valence-corrected chi connectivity index (χ1v) is 11.7. The van der Waals surface area contributed by atoms with Gasteiger partial charge in [-0.15, -0.1) is 0 Å². The standard InChI is InChI=1S/C23H31FN2O3S/c1-7-26(8-2)30(28,29)17-12-13-21(24)20(14-17)23(27)25-22-18(15(3)4)10-9-11-19(22)16(5)6/h9-16H,7-8H2,1-6H3,(H,25,27). The lowest BCUT2D eigenvalue weighted by molar-refractivity contribution is 0.102. The molecule has 0 fully saturated rings. The van der Waals surface area contributed by atoms with E-state index in [1.54, 1.807) is 13.8 Å². The summed E-state index contributed by atoms with van der Waals surface area (Å²) in [4.78, 5) is 12.9. The van der Waals surface area contributed by atoms with Gasteiger partial charge in [-0.1, -0.05) is 59.7 Å². The van der Waals surface area contributed by atoms with E-state index in [9.17, 15) is 17.6 Å². The van der Waals surface area contributed by atoms with Gasteiger partial charge in [0.25, 0.3) is 5.91 Å². The monoisotopic (exact) mass is 434 g/mol. The molecule has 164 valence electrons. The molecule has 0 saturated heterocycles. The molecule has 2 aromatic rings. The minimum absolute atomic E-state index is 0.0982. The van der Waals surface area contributed by atoms with Crippen LogP contribution in [-0.4, -0.2) is 31.7 Å². The fourth-order valence-electron chi connectivity index (χ4n) is 3.43. The predicted octanol–water partition coefficient (Wildman–Crippen LogP) is 5.36. The van der Waals surface area contributed by atoms with Gasteiger partial charge < -0.3 is 5.32 Å². The lowest BCUT2D eigenvalue weighted by Gasteiger charge is -2.21. The van der Waals surface area contributed by atoms with E-state index in [2.05, 4.69) is 5.32 Å². The van der Waals surface area contributed by atoms with E-state index in [4.69, 9.17) is 0 Å². The second kappa shape index (κ2) is 9.71. The maximum Gasteiger partial charge on any atom is 0.258 e. The van der Waals surface area contributed by atoms with Crippen molar-refractivity contribution in [2.45, 2.75) is 58.3 Å². The molecule has 0 aliphatic carbocycles. The fraction of sp³-hybridized carbons (Fsp3) is 0.435. The maximum absolute atomic E-state index is 14.5. The lowest BCUT2D eigenvalue weighted by Crippen LogP contribution is -2.31. The smallest absolute Gasteiger partial charge is 0.258 e. The van der Waals surface area contributed by atoms with Gasteiger partial charge in [0.1, 0.15) is 5.82 Å². The number of benzene rings is 2. The number of nitrogens with one attached hydrogen (secondary N) is 1. The minimum atomic E-state index is -3.80. The van der Waals surface area contributed by atoms with Crippen LogP contribution in [0.15, 0.2) is 41.3 Å². The third-order valence-electron chi connectivity index (χ3n) is 5.14. The van der Waals surface area contributed by atoms with Gasteiger partial charge in [0.05, 0.1) is 10.5 Å². The molecule has 0 atom stereocenters. The number of nitrogens with zero attached hydrogens (tertiary/aromatic N) is 1. The number of halogens is 1. The Hall–Kier alpha value is -2.25. The first kappa shape index (κ1) is 24.0. The highest BCUT2D eigenvalue weighted by Crippen LogP contribution is 2.33. The van der Waals surface area contributed by atoms with Crippen molar-refractivity contribution in [3.05, 3.63) is 58.9 Å². The summed E-state index contributed by atoms with van der Waals surface area (Å²) in [5, 5.41) is 2.85. The van der Waals surface area contributed by atoms with Crippen molar-refractivity contribution in [2.75, 3.05) is 18.4 Å². The van der Waals surface area contributed by atoms with Gasteiger partial charge in [-0.05, 0) is 41.2 Å². The zero-order valence-corrected chi connectivity index (χ0v) is 19.3. The number of amides is 1. The topological polar surface area (TPSA) is 66.5 Å². The van der Waals surface area contributed by atoms with Crippen LogP contribution in [0.4, 0.5) is 10.1 Å². The summed E-state index contributed by atoms with van der Waals surface area (Å²) >= 11 is 0. The third-order valence-corrected chi connectivity index (χ3v) is 7.18. The Morgan fingerprint density at radius 2 is 1.53 bits per heavy atom. The molecule has 1 amide bonds. The summed E-state index contributed by atoms with van der Waals surface area (Å²) in [6, 6.07) is 9.15. The van der Waals surface area contributed by atoms with Crippen molar-refractivity contribution in [3.8, 4) is 0 Å². The zero-order chi connectivity index (χ0) is 22.6. The van der Waals surface area contributed by atoms with Crippen molar-refractivity contribution in [2.24, 2.45) is 0 Å². The summed E-state index contributed by atoms with van der Waals surface area (Å²) in [6.45, 7) is 12.1. The first-order valence-electron chi connectivity index (χ1n) is 10.3. The molecule has 0 radical (unpaired) electrons. The van der Waals surface area contributed by atoms with Crippen LogP contribution in [0.25, 0.3) is 0 Å². The van der Waals surface area contributed by atoms with Crippen molar-refractivity contribution < 1.29 is 17.6 Å². The fourth-order valence-corrected chi connectivity index (χ4v) is 4.91. The normalized spacial score (nSPS) is 12.1. The maximum atomic E-state index is 14.5. The van der Waals surface area contributed by atoms with Gasteiger partial charge in [-0.2, -0.15) is 4.31 Å². The number of anilines is 1. The highest BCUT2D eigenvalue weighted by molar-refractivity contribution is 7.89. The second-order valence-corrected chi connectivity index (χ2v) is 9.74.